The van der Waals surface area contributed by atoms with E-state index >= 15 is 0 Å². The van der Waals surface area contributed by atoms with E-state index in [0.29, 0.717) is 13.1 Å². The van der Waals surface area contributed by atoms with E-state index in [1.165, 1.54) is 5.56 Å². The van der Waals surface area contributed by atoms with Crippen LogP contribution < -0.4 is 10.6 Å². The van der Waals surface area contributed by atoms with Crippen molar-refractivity contribution in [1.29, 1.82) is 0 Å². The maximum atomic E-state index is 10.1. The summed E-state index contributed by atoms with van der Waals surface area (Å²) in [4.78, 5) is 0. The molecule has 2 rings (SSSR count). The Morgan fingerprint density at radius 3 is 2.93 bits per heavy atom. The molecule has 1 unspecified atom stereocenters. The number of aliphatic hydroxyl groups is 1. The van der Waals surface area contributed by atoms with Crippen LogP contribution in [0.25, 0.3) is 0 Å². The topological polar surface area (TPSA) is 44.3 Å². The van der Waals surface area contributed by atoms with Crippen LogP contribution in [0.5, 0.6) is 0 Å². The Hall–Kier alpha value is -1.06. The molecule has 0 spiro atoms. The molecule has 1 saturated heterocycles. The van der Waals surface area contributed by atoms with Crippen LogP contribution in [0.2, 0.25) is 0 Å². The second kappa shape index (κ2) is 4.21. The Morgan fingerprint density at radius 1 is 1.47 bits per heavy atom. The number of benzene rings is 1. The van der Waals surface area contributed by atoms with Gasteiger partial charge in [-0.3, -0.25) is 0 Å². The lowest BCUT2D eigenvalue weighted by Crippen LogP contribution is -2.39. The summed E-state index contributed by atoms with van der Waals surface area (Å²) < 4.78 is 0. The van der Waals surface area contributed by atoms with Crippen LogP contribution in [-0.2, 0) is 0 Å². The van der Waals surface area contributed by atoms with Gasteiger partial charge in [0.25, 0.3) is 0 Å². The maximum Gasteiger partial charge on any atom is 0.0954 e. The predicted octanol–water partition coefficient (Wildman–Crippen LogP) is 1.13. The first-order chi connectivity index (χ1) is 7.20. The Kier molecular flexibility index (Phi) is 2.93. The summed E-state index contributed by atoms with van der Waals surface area (Å²) in [6.45, 7) is 4.28. The number of hydrogen-bond acceptors (Lipinski definition) is 3. The second-order valence-corrected chi connectivity index (χ2v) is 4.32. The normalized spacial score (nSPS) is 25.5. The lowest BCUT2D eigenvalue weighted by molar-refractivity contribution is 0.0752. The highest BCUT2D eigenvalue weighted by atomic mass is 16.3. The largest absolute Gasteiger partial charge is 0.387 e. The fourth-order valence-electron chi connectivity index (χ4n) is 1.91. The van der Waals surface area contributed by atoms with Crippen LogP contribution in [0.3, 0.4) is 0 Å². The summed E-state index contributed by atoms with van der Waals surface area (Å²) in [6, 6.07) is 8.14. The summed E-state index contributed by atoms with van der Waals surface area (Å²) in [7, 11) is 0. The zero-order valence-corrected chi connectivity index (χ0v) is 9.09. The highest BCUT2D eigenvalue weighted by Crippen LogP contribution is 2.18. The van der Waals surface area contributed by atoms with Crippen molar-refractivity contribution in [3.8, 4) is 0 Å². The van der Waals surface area contributed by atoms with E-state index in [1.54, 1.807) is 0 Å². The number of hydrogen-bond donors (Lipinski definition) is 3. The van der Waals surface area contributed by atoms with Crippen LogP contribution in [-0.4, -0.2) is 30.3 Å². The molecular weight excluding hydrogens is 188 g/mol. The van der Waals surface area contributed by atoms with E-state index in [4.69, 9.17) is 0 Å². The van der Waals surface area contributed by atoms with E-state index < -0.39 is 5.60 Å². The van der Waals surface area contributed by atoms with Gasteiger partial charge in [-0.25, -0.2) is 0 Å². The van der Waals surface area contributed by atoms with Crippen molar-refractivity contribution < 1.29 is 5.11 Å². The SMILES string of the molecule is Cc1ccccc1NCC1(O)CCNC1. The van der Waals surface area contributed by atoms with Crippen LogP contribution in [0.4, 0.5) is 5.69 Å². The molecule has 0 saturated carbocycles. The molecule has 1 aliphatic rings. The number of rotatable bonds is 3. The van der Waals surface area contributed by atoms with Gasteiger partial charge in [0.05, 0.1) is 5.60 Å². The molecule has 1 aromatic rings. The molecule has 3 nitrogen and oxygen atoms in total. The first-order valence-corrected chi connectivity index (χ1v) is 5.42. The molecule has 0 amide bonds. The third kappa shape index (κ3) is 2.49. The van der Waals surface area contributed by atoms with Crippen molar-refractivity contribution in [3.05, 3.63) is 29.8 Å². The first kappa shape index (κ1) is 10.5. The van der Waals surface area contributed by atoms with Gasteiger partial charge in [0.15, 0.2) is 0 Å². The van der Waals surface area contributed by atoms with Crippen LogP contribution in [0.15, 0.2) is 24.3 Å². The number of nitrogens with one attached hydrogen (secondary N) is 2. The number of aryl methyl sites for hydroxylation is 1. The average Bonchev–Trinajstić information content (AvgIpc) is 2.65. The monoisotopic (exact) mass is 206 g/mol. The zero-order chi connectivity index (χ0) is 10.7. The quantitative estimate of drug-likeness (QED) is 0.694. The third-order valence-electron chi connectivity index (χ3n) is 2.97. The van der Waals surface area contributed by atoms with Crippen molar-refractivity contribution in [2.24, 2.45) is 0 Å². The molecule has 1 atom stereocenters. The maximum absolute atomic E-state index is 10.1. The van der Waals surface area contributed by atoms with Crippen molar-refractivity contribution >= 4 is 5.69 Å². The lowest BCUT2D eigenvalue weighted by atomic mass is 10.0. The molecule has 1 heterocycles. The van der Waals surface area contributed by atoms with Gasteiger partial charge in [0, 0.05) is 18.8 Å². The van der Waals surface area contributed by atoms with Gasteiger partial charge in [0.1, 0.15) is 0 Å². The Bertz CT molecular complexity index is 332. The van der Waals surface area contributed by atoms with Gasteiger partial charge in [-0.1, -0.05) is 18.2 Å². The standard InChI is InChI=1S/C12H18N2O/c1-10-4-2-3-5-11(10)14-9-12(15)6-7-13-8-12/h2-5,13-15H,6-9H2,1H3. The molecule has 3 heteroatoms. The molecule has 0 aliphatic carbocycles. The summed E-state index contributed by atoms with van der Waals surface area (Å²) in [5, 5.41) is 16.6. The van der Waals surface area contributed by atoms with Crippen molar-refractivity contribution in [2.75, 3.05) is 25.0 Å². The molecule has 3 N–H and O–H groups in total. The molecule has 82 valence electrons. The minimum absolute atomic E-state index is 0.581. The molecular formula is C12H18N2O. The van der Waals surface area contributed by atoms with Gasteiger partial charge in [-0.15, -0.1) is 0 Å². The molecule has 1 aliphatic heterocycles. The number of para-hydroxylation sites is 1. The zero-order valence-electron chi connectivity index (χ0n) is 9.09. The van der Waals surface area contributed by atoms with Gasteiger partial charge in [-0.05, 0) is 31.5 Å². The second-order valence-electron chi connectivity index (χ2n) is 4.32. The van der Waals surface area contributed by atoms with Crippen LogP contribution in [0, 0.1) is 6.92 Å². The van der Waals surface area contributed by atoms with Gasteiger partial charge < -0.3 is 15.7 Å². The molecule has 0 radical (unpaired) electrons. The minimum atomic E-state index is -0.581. The lowest BCUT2D eigenvalue weighted by Gasteiger charge is -2.22. The van der Waals surface area contributed by atoms with E-state index in [-0.39, 0.29) is 0 Å². The van der Waals surface area contributed by atoms with Gasteiger partial charge in [-0.2, -0.15) is 0 Å². The molecule has 0 bridgehead atoms. The van der Waals surface area contributed by atoms with E-state index in [0.717, 1.165) is 18.7 Å². The minimum Gasteiger partial charge on any atom is -0.387 e. The van der Waals surface area contributed by atoms with Crippen LogP contribution >= 0.6 is 0 Å². The fourth-order valence-corrected chi connectivity index (χ4v) is 1.91. The Labute approximate surface area is 90.5 Å². The molecule has 1 fully saturated rings. The number of anilines is 1. The van der Waals surface area contributed by atoms with Crippen molar-refractivity contribution in [1.82, 2.24) is 5.32 Å². The fraction of sp³-hybridized carbons (Fsp3) is 0.500. The van der Waals surface area contributed by atoms with E-state index in [9.17, 15) is 5.11 Å². The average molecular weight is 206 g/mol. The molecule has 1 aromatic carbocycles. The highest BCUT2D eigenvalue weighted by molar-refractivity contribution is 5.50. The van der Waals surface area contributed by atoms with E-state index in [1.807, 2.05) is 18.2 Å². The summed E-state index contributed by atoms with van der Waals surface area (Å²) in [5.41, 5.74) is 1.74. The van der Waals surface area contributed by atoms with Crippen molar-refractivity contribution in [2.45, 2.75) is 18.9 Å². The summed E-state index contributed by atoms with van der Waals surface area (Å²) in [6.07, 6.45) is 0.825. The predicted molar refractivity (Wildman–Crippen MR) is 62.1 cm³/mol. The summed E-state index contributed by atoms with van der Waals surface area (Å²) >= 11 is 0. The summed E-state index contributed by atoms with van der Waals surface area (Å²) in [5.74, 6) is 0. The smallest absolute Gasteiger partial charge is 0.0954 e. The molecule has 0 aromatic heterocycles. The Balaban J connectivity index is 1.95. The third-order valence-corrected chi connectivity index (χ3v) is 2.97. The van der Waals surface area contributed by atoms with Gasteiger partial charge in [0.2, 0.25) is 0 Å². The first-order valence-electron chi connectivity index (χ1n) is 5.42. The Morgan fingerprint density at radius 2 is 2.27 bits per heavy atom. The van der Waals surface area contributed by atoms with E-state index in [2.05, 4.69) is 23.6 Å². The van der Waals surface area contributed by atoms with Crippen LogP contribution in [0.1, 0.15) is 12.0 Å². The highest BCUT2D eigenvalue weighted by Gasteiger charge is 2.30. The van der Waals surface area contributed by atoms with Crippen molar-refractivity contribution in [3.63, 3.8) is 0 Å². The number of β-amino-alcohol motifs (C(OH)–C–C–N with tert-alkyl or cyclic N) is 1. The molecule has 15 heavy (non-hydrogen) atoms. The van der Waals surface area contributed by atoms with Gasteiger partial charge >= 0.3 is 0 Å².